The van der Waals surface area contributed by atoms with Crippen LogP contribution in [-0.4, -0.2) is 18.0 Å². The zero-order valence-corrected chi connectivity index (χ0v) is 7.76. The topological polar surface area (TPSA) is 93.2 Å². The standard InChI is InChI=1S/C9H6N2O4/c1-15-9(12)6-3-2-4-8(11(13)14)7(6)5-10/h2-4H,1H3. The summed E-state index contributed by atoms with van der Waals surface area (Å²) >= 11 is 0. The van der Waals surface area contributed by atoms with E-state index >= 15 is 0 Å². The Kier molecular flexibility index (Phi) is 2.98. The lowest BCUT2D eigenvalue weighted by atomic mass is 10.1. The van der Waals surface area contributed by atoms with Crippen LogP contribution in [0.15, 0.2) is 18.2 Å². The Balaban J connectivity index is 3.43. The zero-order chi connectivity index (χ0) is 11.4. The maximum Gasteiger partial charge on any atom is 0.339 e. The van der Waals surface area contributed by atoms with Crippen molar-refractivity contribution < 1.29 is 14.5 Å². The van der Waals surface area contributed by atoms with Gasteiger partial charge in [0, 0.05) is 6.07 Å². The predicted molar refractivity (Wildman–Crippen MR) is 49.2 cm³/mol. The number of rotatable bonds is 2. The van der Waals surface area contributed by atoms with Crippen molar-refractivity contribution in [1.29, 1.82) is 5.26 Å². The summed E-state index contributed by atoms with van der Waals surface area (Å²) in [4.78, 5) is 21.0. The van der Waals surface area contributed by atoms with E-state index in [1.807, 2.05) is 0 Å². The summed E-state index contributed by atoms with van der Waals surface area (Å²) in [5.41, 5.74) is -0.788. The molecule has 0 aliphatic heterocycles. The van der Waals surface area contributed by atoms with Crippen LogP contribution in [-0.2, 0) is 4.74 Å². The molecule has 15 heavy (non-hydrogen) atoms. The van der Waals surface area contributed by atoms with E-state index < -0.39 is 16.6 Å². The highest BCUT2D eigenvalue weighted by atomic mass is 16.6. The van der Waals surface area contributed by atoms with Crippen LogP contribution in [0.3, 0.4) is 0 Å². The maximum absolute atomic E-state index is 11.2. The van der Waals surface area contributed by atoms with Gasteiger partial charge in [-0.1, -0.05) is 6.07 Å². The molecule has 0 radical (unpaired) electrons. The lowest BCUT2D eigenvalue weighted by Crippen LogP contribution is -2.06. The minimum atomic E-state index is -0.768. The molecule has 0 amide bonds. The number of methoxy groups -OCH3 is 1. The van der Waals surface area contributed by atoms with Gasteiger partial charge in [0.05, 0.1) is 17.6 Å². The van der Waals surface area contributed by atoms with Crippen LogP contribution in [0.25, 0.3) is 0 Å². The van der Waals surface area contributed by atoms with E-state index in [-0.39, 0.29) is 11.1 Å². The Hall–Kier alpha value is -2.42. The number of ether oxygens (including phenoxy) is 1. The smallest absolute Gasteiger partial charge is 0.339 e. The third-order valence-electron chi connectivity index (χ3n) is 1.76. The minimum Gasteiger partial charge on any atom is -0.465 e. The number of hydrogen-bond donors (Lipinski definition) is 0. The van der Waals surface area contributed by atoms with E-state index in [4.69, 9.17) is 5.26 Å². The van der Waals surface area contributed by atoms with Crippen LogP contribution in [0, 0.1) is 21.4 Å². The molecule has 76 valence electrons. The van der Waals surface area contributed by atoms with E-state index in [0.717, 1.165) is 13.2 Å². The number of nitro groups is 1. The number of nitriles is 1. The lowest BCUT2D eigenvalue weighted by molar-refractivity contribution is -0.385. The van der Waals surface area contributed by atoms with Gasteiger partial charge >= 0.3 is 5.97 Å². The molecule has 0 atom stereocenters. The van der Waals surface area contributed by atoms with Gasteiger partial charge in [-0.25, -0.2) is 4.79 Å². The first-order valence-electron chi connectivity index (χ1n) is 3.87. The molecule has 1 aromatic carbocycles. The quantitative estimate of drug-likeness (QED) is 0.412. The number of nitrogens with zero attached hydrogens (tertiary/aromatic N) is 2. The monoisotopic (exact) mass is 206 g/mol. The molecule has 0 N–H and O–H groups in total. The fourth-order valence-electron chi connectivity index (χ4n) is 1.09. The third kappa shape index (κ3) is 1.91. The minimum absolute atomic E-state index is 0.103. The number of esters is 1. The molecule has 6 heteroatoms. The first-order chi connectivity index (χ1) is 7.11. The van der Waals surface area contributed by atoms with Crippen molar-refractivity contribution >= 4 is 11.7 Å². The first-order valence-corrected chi connectivity index (χ1v) is 3.87. The zero-order valence-electron chi connectivity index (χ0n) is 7.76. The number of nitro benzene ring substituents is 1. The molecular formula is C9H6N2O4. The Labute approximate surface area is 84.8 Å². The number of carbonyl (C=O) groups is 1. The average Bonchev–Trinajstić information content (AvgIpc) is 2.26. The summed E-state index contributed by atoms with van der Waals surface area (Å²) in [6.07, 6.45) is 0. The highest BCUT2D eigenvalue weighted by molar-refractivity contribution is 5.93. The second-order valence-electron chi connectivity index (χ2n) is 2.56. The van der Waals surface area contributed by atoms with Gasteiger partial charge in [0.25, 0.3) is 5.69 Å². The van der Waals surface area contributed by atoms with Gasteiger partial charge in [0.2, 0.25) is 0 Å². The lowest BCUT2D eigenvalue weighted by Gasteiger charge is -2.01. The Bertz CT molecular complexity index is 462. The van der Waals surface area contributed by atoms with Gasteiger partial charge in [0.15, 0.2) is 0 Å². The van der Waals surface area contributed by atoms with Crippen LogP contribution in [0.2, 0.25) is 0 Å². The normalized spacial score (nSPS) is 9.07. The van der Waals surface area contributed by atoms with Gasteiger partial charge in [-0.2, -0.15) is 5.26 Å². The van der Waals surface area contributed by atoms with Crippen molar-refractivity contribution in [3.05, 3.63) is 39.4 Å². The second-order valence-corrected chi connectivity index (χ2v) is 2.56. The largest absolute Gasteiger partial charge is 0.465 e. The van der Waals surface area contributed by atoms with Crippen LogP contribution in [0.5, 0.6) is 0 Å². The molecule has 1 aromatic rings. The van der Waals surface area contributed by atoms with Gasteiger partial charge in [-0.05, 0) is 6.07 Å². The molecule has 0 heterocycles. The molecule has 0 aliphatic rings. The van der Waals surface area contributed by atoms with Crippen LogP contribution in [0.4, 0.5) is 5.69 Å². The third-order valence-corrected chi connectivity index (χ3v) is 1.76. The number of hydrogen-bond acceptors (Lipinski definition) is 5. The summed E-state index contributed by atoms with van der Waals surface area (Å²) in [6.45, 7) is 0. The first kappa shape index (κ1) is 10.7. The molecular weight excluding hydrogens is 200 g/mol. The maximum atomic E-state index is 11.2. The summed E-state index contributed by atoms with van der Waals surface area (Å²) in [7, 11) is 1.14. The molecule has 0 spiro atoms. The summed E-state index contributed by atoms with van der Waals surface area (Å²) in [5.74, 6) is -0.768. The average molecular weight is 206 g/mol. The van der Waals surface area contributed by atoms with Crippen LogP contribution in [0.1, 0.15) is 15.9 Å². The number of benzene rings is 1. The van der Waals surface area contributed by atoms with Crippen molar-refractivity contribution in [2.45, 2.75) is 0 Å². The number of carbonyl (C=O) groups excluding carboxylic acids is 1. The summed E-state index contributed by atoms with van der Waals surface area (Å²) < 4.78 is 4.40. The molecule has 0 bridgehead atoms. The van der Waals surface area contributed by atoms with Gasteiger partial charge in [-0.3, -0.25) is 10.1 Å². The van der Waals surface area contributed by atoms with E-state index in [1.54, 1.807) is 6.07 Å². The second kappa shape index (κ2) is 4.19. The van der Waals surface area contributed by atoms with Crippen LogP contribution >= 0.6 is 0 Å². The van der Waals surface area contributed by atoms with Crippen molar-refractivity contribution in [3.8, 4) is 6.07 Å². The molecule has 0 unspecified atom stereocenters. The molecule has 0 aromatic heterocycles. The SMILES string of the molecule is COC(=O)c1cccc([N+](=O)[O-])c1C#N. The highest BCUT2D eigenvalue weighted by Gasteiger charge is 2.21. The summed E-state index contributed by atoms with van der Waals surface area (Å²) in [5, 5.41) is 19.3. The van der Waals surface area contributed by atoms with E-state index in [2.05, 4.69) is 4.74 Å². The van der Waals surface area contributed by atoms with Gasteiger partial charge in [0.1, 0.15) is 11.6 Å². The Morgan fingerprint density at radius 2 is 2.27 bits per heavy atom. The van der Waals surface area contributed by atoms with Crippen molar-refractivity contribution in [3.63, 3.8) is 0 Å². The van der Waals surface area contributed by atoms with Gasteiger partial charge in [-0.15, -0.1) is 0 Å². The molecule has 0 aliphatic carbocycles. The molecule has 0 saturated carbocycles. The molecule has 0 saturated heterocycles. The highest BCUT2D eigenvalue weighted by Crippen LogP contribution is 2.21. The predicted octanol–water partition coefficient (Wildman–Crippen LogP) is 1.25. The van der Waals surface area contributed by atoms with Crippen LogP contribution < -0.4 is 0 Å². The Morgan fingerprint density at radius 3 is 2.73 bits per heavy atom. The van der Waals surface area contributed by atoms with Gasteiger partial charge < -0.3 is 4.74 Å². The van der Waals surface area contributed by atoms with Crippen molar-refractivity contribution in [2.24, 2.45) is 0 Å². The molecule has 0 fully saturated rings. The molecule has 1 rings (SSSR count). The van der Waals surface area contributed by atoms with Crippen molar-refractivity contribution in [2.75, 3.05) is 7.11 Å². The van der Waals surface area contributed by atoms with E-state index in [1.165, 1.54) is 12.1 Å². The summed E-state index contributed by atoms with van der Waals surface area (Å²) in [6, 6.07) is 5.40. The fourth-order valence-corrected chi connectivity index (χ4v) is 1.09. The Morgan fingerprint density at radius 1 is 1.60 bits per heavy atom. The van der Waals surface area contributed by atoms with E-state index in [9.17, 15) is 14.9 Å². The van der Waals surface area contributed by atoms with E-state index in [0.29, 0.717) is 0 Å². The molecule has 6 nitrogen and oxygen atoms in total. The fraction of sp³-hybridized carbons (Fsp3) is 0.111. The van der Waals surface area contributed by atoms with Crippen molar-refractivity contribution in [1.82, 2.24) is 0 Å².